The molecule has 0 spiro atoms. The lowest BCUT2D eigenvalue weighted by atomic mass is 10.2. The molecule has 0 saturated carbocycles. The van der Waals surface area contributed by atoms with Gasteiger partial charge in [0.15, 0.2) is 11.0 Å². The van der Waals surface area contributed by atoms with E-state index in [1.807, 2.05) is 53.6 Å². The molecule has 0 fully saturated rings. The van der Waals surface area contributed by atoms with Gasteiger partial charge in [-0.25, -0.2) is 17.6 Å². The smallest absolute Gasteiger partial charge is 0.325 e. The van der Waals surface area contributed by atoms with Crippen LogP contribution in [0, 0.1) is 0 Å². The van der Waals surface area contributed by atoms with Gasteiger partial charge in [0.1, 0.15) is 11.3 Å². The molecule has 4 aromatic rings. The van der Waals surface area contributed by atoms with Crippen LogP contribution in [0.1, 0.15) is 5.56 Å². The van der Waals surface area contributed by atoms with Crippen molar-refractivity contribution in [3.63, 3.8) is 0 Å². The van der Waals surface area contributed by atoms with E-state index >= 15 is 0 Å². The van der Waals surface area contributed by atoms with E-state index in [-0.39, 0.29) is 0 Å². The molecule has 7 nitrogen and oxygen atoms in total. The Kier molecular flexibility index (Phi) is 3.97. The number of benzene rings is 2. The molecule has 0 amide bonds. The highest BCUT2D eigenvalue weighted by Crippen LogP contribution is 2.30. The average Bonchev–Trinajstić information content (AvgIpc) is 3.12. The number of fused-ring (bicyclic) bond motifs is 2. The maximum absolute atomic E-state index is 11.1. The van der Waals surface area contributed by atoms with Gasteiger partial charge in [-0.1, -0.05) is 6.07 Å². The molecule has 0 radical (unpaired) electrons. The van der Waals surface area contributed by atoms with Crippen LogP contribution in [0.5, 0.6) is 5.75 Å². The first-order chi connectivity index (χ1) is 12.8. The third-order valence-corrected chi connectivity index (χ3v) is 5.38. The monoisotopic (exact) mass is 386 g/mol. The first kappa shape index (κ1) is 17.6. The molecule has 0 aliphatic carbocycles. The Morgan fingerprint density at radius 3 is 2.67 bits per heavy atom. The molecule has 0 bridgehead atoms. The predicted octanol–water partition coefficient (Wildman–Crippen LogP) is 2.47. The fraction of sp³-hybridized carbons (Fsp3) is 0.211. The molecule has 0 aliphatic heterocycles. The van der Waals surface area contributed by atoms with Crippen molar-refractivity contribution in [3.05, 3.63) is 48.0 Å². The fourth-order valence-corrected chi connectivity index (χ4v) is 4.04. The summed E-state index contributed by atoms with van der Waals surface area (Å²) in [6.07, 6.45) is 0. The molecule has 0 saturated heterocycles. The molecule has 8 heteroatoms. The number of furan rings is 1. The van der Waals surface area contributed by atoms with Crippen LogP contribution in [-0.4, -0.2) is 24.6 Å². The van der Waals surface area contributed by atoms with Gasteiger partial charge >= 0.3 is 5.82 Å². The first-order valence-electron chi connectivity index (χ1n) is 8.26. The number of nitrogens with zero attached hydrogens (tertiary/aromatic N) is 2. The van der Waals surface area contributed by atoms with Gasteiger partial charge in [0.2, 0.25) is 5.76 Å². The first-order valence-corrected chi connectivity index (χ1v) is 9.83. The van der Waals surface area contributed by atoms with Gasteiger partial charge in [0, 0.05) is 17.5 Å². The number of ether oxygens (including phenoxy) is 1. The zero-order valence-electron chi connectivity index (χ0n) is 15.1. The highest BCUT2D eigenvalue weighted by atomic mass is 32.2. The maximum atomic E-state index is 11.1. The van der Waals surface area contributed by atoms with Gasteiger partial charge in [0.05, 0.1) is 37.1 Å². The SMILES string of the molecule is COc1ccc2cc(-c3n(C)c4cc(CS(=O)(=O)[O-])ccc4[n+]3C)oc2c1. The van der Waals surface area contributed by atoms with Crippen LogP contribution < -0.4 is 9.30 Å². The van der Waals surface area contributed by atoms with E-state index in [0.29, 0.717) is 22.7 Å². The Morgan fingerprint density at radius 1 is 1.19 bits per heavy atom. The van der Waals surface area contributed by atoms with Crippen molar-refractivity contribution in [2.75, 3.05) is 7.11 Å². The molecule has 0 aliphatic rings. The van der Waals surface area contributed by atoms with Crippen LogP contribution in [-0.2, 0) is 30.0 Å². The maximum Gasteiger partial charge on any atom is 0.325 e. The molecule has 2 heterocycles. The number of hydrogen-bond donors (Lipinski definition) is 0. The van der Waals surface area contributed by atoms with E-state index in [2.05, 4.69) is 0 Å². The second-order valence-corrected chi connectivity index (χ2v) is 7.89. The van der Waals surface area contributed by atoms with Gasteiger partial charge in [-0.05, 0) is 29.8 Å². The minimum absolute atomic E-state index is 0.458. The third kappa shape index (κ3) is 3.07. The summed E-state index contributed by atoms with van der Waals surface area (Å²) in [6.45, 7) is 0. The standard InChI is InChI=1S/C19H18N2O5S/c1-20-15-7-4-12(11-27(22,23)24)8-16(15)21(2)19(20)18-9-13-5-6-14(25-3)10-17(13)26-18/h4-10H,11H2,1-3H3. The van der Waals surface area contributed by atoms with Crippen molar-refractivity contribution in [1.29, 1.82) is 0 Å². The van der Waals surface area contributed by atoms with Crippen molar-refractivity contribution < 1.29 is 26.7 Å². The zero-order chi connectivity index (χ0) is 19.3. The fourth-order valence-electron chi connectivity index (χ4n) is 3.45. The van der Waals surface area contributed by atoms with E-state index < -0.39 is 15.9 Å². The summed E-state index contributed by atoms with van der Waals surface area (Å²) in [5.41, 5.74) is 2.89. The van der Waals surface area contributed by atoms with Crippen molar-refractivity contribution in [2.45, 2.75) is 5.75 Å². The largest absolute Gasteiger partial charge is 0.748 e. The van der Waals surface area contributed by atoms with Gasteiger partial charge < -0.3 is 13.7 Å². The van der Waals surface area contributed by atoms with E-state index in [1.165, 1.54) is 0 Å². The number of imidazole rings is 1. The normalized spacial score (nSPS) is 12.1. The highest BCUT2D eigenvalue weighted by molar-refractivity contribution is 7.84. The van der Waals surface area contributed by atoms with Crippen molar-refractivity contribution in [2.24, 2.45) is 14.1 Å². The van der Waals surface area contributed by atoms with Crippen LogP contribution >= 0.6 is 0 Å². The molecule has 4 rings (SSSR count). The summed E-state index contributed by atoms with van der Waals surface area (Å²) in [5, 5.41) is 0.953. The minimum Gasteiger partial charge on any atom is -0.748 e. The molecule has 2 aromatic carbocycles. The molecular formula is C19H18N2O5S. The van der Waals surface area contributed by atoms with Crippen molar-refractivity contribution in [3.8, 4) is 17.3 Å². The summed E-state index contributed by atoms with van der Waals surface area (Å²) >= 11 is 0. The van der Waals surface area contributed by atoms with Crippen molar-refractivity contribution in [1.82, 2.24) is 4.57 Å². The van der Waals surface area contributed by atoms with Crippen LogP contribution in [0.15, 0.2) is 46.9 Å². The zero-order valence-corrected chi connectivity index (χ0v) is 15.9. The molecule has 0 N–H and O–H groups in total. The lowest BCUT2D eigenvalue weighted by molar-refractivity contribution is -0.634. The summed E-state index contributed by atoms with van der Waals surface area (Å²) in [5.74, 6) is 1.69. The van der Waals surface area contributed by atoms with E-state index in [4.69, 9.17) is 9.15 Å². The molecular weight excluding hydrogens is 368 g/mol. The van der Waals surface area contributed by atoms with Crippen LogP contribution in [0.25, 0.3) is 33.6 Å². The summed E-state index contributed by atoms with van der Waals surface area (Å²) in [4.78, 5) is 0. The summed E-state index contributed by atoms with van der Waals surface area (Å²) in [7, 11) is 1.06. The predicted molar refractivity (Wildman–Crippen MR) is 99.3 cm³/mol. The summed E-state index contributed by atoms with van der Waals surface area (Å²) in [6, 6.07) is 12.8. The Morgan fingerprint density at radius 2 is 1.96 bits per heavy atom. The van der Waals surface area contributed by atoms with Gasteiger partial charge in [-0.2, -0.15) is 0 Å². The van der Waals surface area contributed by atoms with Crippen molar-refractivity contribution >= 4 is 32.1 Å². The Labute approximate surface area is 156 Å². The second-order valence-electron chi connectivity index (χ2n) is 6.48. The van der Waals surface area contributed by atoms with Gasteiger partial charge in [-0.15, -0.1) is 0 Å². The lowest BCUT2D eigenvalue weighted by Gasteiger charge is -2.05. The topological polar surface area (TPSA) is 88.4 Å². The molecule has 140 valence electrons. The molecule has 2 aromatic heterocycles. The van der Waals surface area contributed by atoms with E-state index in [9.17, 15) is 13.0 Å². The van der Waals surface area contributed by atoms with E-state index in [1.54, 1.807) is 19.2 Å². The number of aryl methyl sites for hydroxylation is 2. The quantitative estimate of drug-likeness (QED) is 0.397. The second kappa shape index (κ2) is 6.11. The van der Waals surface area contributed by atoms with E-state index in [0.717, 1.165) is 22.2 Å². The number of hydrogen-bond acceptors (Lipinski definition) is 5. The van der Waals surface area contributed by atoms with Crippen LogP contribution in [0.2, 0.25) is 0 Å². The number of rotatable bonds is 4. The Hall–Kier alpha value is -2.84. The number of aromatic nitrogens is 2. The average molecular weight is 386 g/mol. The summed E-state index contributed by atoms with van der Waals surface area (Å²) < 4.78 is 48.4. The van der Waals surface area contributed by atoms with Crippen LogP contribution in [0.3, 0.4) is 0 Å². The van der Waals surface area contributed by atoms with Gasteiger partial charge in [-0.3, -0.25) is 0 Å². The lowest BCUT2D eigenvalue weighted by Crippen LogP contribution is -2.29. The molecule has 0 unspecified atom stereocenters. The molecule has 0 atom stereocenters. The minimum atomic E-state index is -4.33. The highest BCUT2D eigenvalue weighted by Gasteiger charge is 2.25. The van der Waals surface area contributed by atoms with Crippen LogP contribution in [0.4, 0.5) is 0 Å². The Balaban J connectivity index is 1.89. The Bertz CT molecular complexity index is 1280. The molecule has 27 heavy (non-hydrogen) atoms. The third-order valence-electron chi connectivity index (χ3n) is 4.69. The van der Waals surface area contributed by atoms with Gasteiger partial charge in [0.25, 0.3) is 0 Å². The number of methoxy groups -OCH3 is 1.